The number of ether oxygens (including phenoxy) is 1. The van der Waals surface area contributed by atoms with Crippen molar-refractivity contribution in [3.05, 3.63) is 0 Å². The Morgan fingerprint density at radius 3 is 2.50 bits per heavy atom. The first kappa shape index (κ1) is 15.9. The van der Waals surface area contributed by atoms with Gasteiger partial charge >= 0.3 is 5.97 Å². The van der Waals surface area contributed by atoms with Gasteiger partial charge in [-0.3, -0.25) is 9.59 Å². The van der Waals surface area contributed by atoms with E-state index >= 15 is 0 Å². The van der Waals surface area contributed by atoms with E-state index in [2.05, 4.69) is 0 Å². The van der Waals surface area contributed by atoms with Crippen molar-refractivity contribution >= 4 is 46.7 Å². The van der Waals surface area contributed by atoms with Gasteiger partial charge in [0.25, 0.3) is 9.70 Å². The molecule has 1 rings (SSSR count). The Labute approximate surface area is 121 Å². The highest BCUT2D eigenvalue weighted by Crippen LogP contribution is 2.31. The average molecular weight is 317 g/mol. The van der Waals surface area contributed by atoms with Crippen LogP contribution in [0.5, 0.6) is 0 Å². The zero-order valence-corrected chi connectivity index (χ0v) is 12.6. The van der Waals surface area contributed by atoms with Gasteiger partial charge in [0.2, 0.25) is 0 Å². The molecule has 0 aromatic carbocycles. The average Bonchev–Trinajstić information content (AvgIpc) is 2.72. The number of halogens is 3. The predicted molar refractivity (Wildman–Crippen MR) is 70.8 cm³/mol. The number of esters is 1. The maximum Gasteiger partial charge on any atom is 0.310 e. The third-order valence-corrected chi connectivity index (χ3v) is 3.10. The molecule has 0 aromatic rings. The largest absolute Gasteiger partial charge is 0.465 e. The summed E-state index contributed by atoms with van der Waals surface area (Å²) in [6.45, 7) is 4.97. The Kier molecular flexibility index (Phi) is 5.56. The van der Waals surface area contributed by atoms with Crippen LogP contribution in [0.3, 0.4) is 0 Å². The van der Waals surface area contributed by atoms with Crippen molar-refractivity contribution in [2.75, 3.05) is 19.7 Å². The molecule has 1 aliphatic rings. The maximum absolute atomic E-state index is 11.7. The molecule has 1 atom stereocenters. The molecule has 1 saturated heterocycles. The lowest BCUT2D eigenvalue weighted by molar-refractivity contribution is -0.149. The fraction of sp³-hybridized carbons (Fsp3) is 0.818. The molecule has 1 unspecified atom stereocenters. The van der Waals surface area contributed by atoms with Crippen molar-refractivity contribution in [1.29, 1.82) is 0 Å². The topological polar surface area (TPSA) is 46.6 Å². The summed E-state index contributed by atoms with van der Waals surface area (Å²) in [6, 6.07) is 0. The van der Waals surface area contributed by atoms with Crippen LogP contribution in [0.4, 0.5) is 0 Å². The van der Waals surface area contributed by atoms with Gasteiger partial charge < -0.3 is 9.64 Å². The maximum atomic E-state index is 11.7. The van der Waals surface area contributed by atoms with Crippen molar-refractivity contribution in [2.24, 2.45) is 11.8 Å². The number of hydrogen-bond acceptors (Lipinski definition) is 3. The number of alkyl halides is 3. The van der Waals surface area contributed by atoms with E-state index in [1.807, 2.05) is 13.8 Å². The van der Waals surface area contributed by atoms with Gasteiger partial charge in [0, 0.05) is 13.1 Å². The number of amides is 1. The first-order valence-corrected chi connectivity index (χ1v) is 6.88. The summed E-state index contributed by atoms with van der Waals surface area (Å²) >= 11 is 16.6. The van der Waals surface area contributed by atoms with Gasteiger partial charge in [-0.2, -0.15) is 0 Å². The normalized spacial score (nSPS) is 20.3. The van der Waals surface area contributed by atoms with E-state index in [9.17, 15) is 9.59 Å². The molecule has 0 saturated carbocycles. The Morgan fingerprint density at radius 1 is 1.39 bits per heavy atom. The van der Waals surface area contributed by atoms with Crippen molar-refractivity contribution < 1.29 is 14.3 Å². The Hall–Kier alpha value is -0.190. The molecule has 0 radical (unpaired) electrons. The van der Waals surface area contributed by atoms with Crippen LogP contribution in [0.1, 0.15) is 20.3 Å². The third kappa shape index (κ3) is 4.48. The predicted octanol–water partition coefficient (Wildman–Crippen LogP) is 2.40. The summed E-state index contributed by atoms with van der Waals surface area (Å²) < 4.78 is 3.16. The number of carbonyl (C=O) groups excluding carboxylic acids is 2. The highest BCUT2D eigenvalue weighted by molar-refractivity contribution is 6.76. The standard InChI is InChI=1S/C11H16Cl3NO3/c1-7(2)6-18-9(16)8-3-4-15(5-8)10(17)11(12,13)14/h7-8H,3-6H2,1-2H3. The minimum absolute atomic E-state index is 0.254. The monoisotopic (exact) mass is 315 g/mol. The number of hydrogen-bond donors (Lipinski definition) is 0. The van der Waals surface area contributed by atoms with Crippen molar-refractivity contribution in [3.8, 4) is 0 Å². The Balaban J connectivity index is 2.46. The van der Waals surface area contributed by atoms with Gasteiger partial charge in [-0.15, -0.1) is 0 Å². The molecule has 18 heavy (non-hydrogen) atoms. The molecule has 0 aliphatic carbocycles. The van der Waals surface area contributed by atoms with Gasteiger partial charge in [0.05, 0.1) is 12.5 Å². The van der Waals surface area contributed by atoms with Crippen molar-refractivity contribution in [3.63, 3.8) is 0 Å². The summed E-state index contributed by atoms with van der Waals surface area (Å²) in [5.74, 6) is -0.913. The van der Waals surface area contributed by atoms with Gasteiger partial charge in [-0.1, -0.05) is 48.7 Å². The van der Waals surface area contributed by atoms with Crippen molar-refractivity contribution in [1.82, 2.24) is 4.90 Å². The van der Waals surface area contributed by atoms with Gasteiger partial charge in [0.15, 0.2) is 0 Å². The summed E-state index contributed by atoms with van der Waals surface area (Å²) in [7, 11) is 0. The highest BCUT2D eigenvalue weighted by atomic mass is 35.6. The third-order valence-electron chi connectivity index (χ3n) is 2.61. The van der Waals surface area contributed by atoms with Crippen LogP contribution in [0.2, 0.25) is 0 Å². The molecule has 1 heterocycles. The Bertz CT molecular complexity index is 328. The van der Waals surface area contributed by atoms with Crippen LogP contribution >= 0.6 is 34.8 Å². The van der Waals surface area contributed by atoms with Gasteiger partial charge in [-0.05, 0) is 12.3 Å². The van der Waals surface area contributed by atoms with E-state index in [-0.39, 0.29) is 24.3 Å². The summed E-state index contributed by atoms with van der Waals surface area (Å²) in [5.41, 5.74) is 0. The number of carbonyl (C=O) groups is 2. The van der Waals surface area contributed by atoms with E-state index in [1.54, 1.807) is 0 Å². The highest BCUT2D eigenvalue weighted by Gasteiger charge is 2.40. The summed E-state index contributed by atoms with van der Waals surface area (Å²) in [4.78, 5) is 24.8. The molecule has 0 N–H and O–H groups in total. The molecule has 0 aromatic heterocycles. The van der Waals surface area contributed by atoms with Crippen LogP contribution in [-0.4, -0.2) is 40.3 Å². The van der Waals surface area contributed by atoms with Crippen LogP contribution in [-0.2, 0) is 14.3 Å². The Morgan fingerprint density at radius 2 is 2.00 bits per heavy atom. The van der Waals surface area contributed by atoms with Gasteiger partial charge in [-0.25, -0.2) is 0 Å². The number of rotatable bonds is 3. The summed E-state index contributed by atoms with van der Waals surface area (Å²) in [6.07, 6.45) is 0.545. The molecule has 1 aliphatic heterocycles. The molecular formula is C11H16Cl3NO3. The number of nitrogens with zero attached hydrogens (tertiary/aromatic N) is 1. The van der Waals surface area contributed by atoms with E-state index < -0.39 is 9.70 Å². The van der Waals surface area contributed by atoms with Crippen LogP contribution in [0.15, 0.2) is 0 Å². The molecular weight excluding hydrogens is 300 g/mol. The fourth-order valence-corrected chi connectivity index (χ4v) is 2.04. The minimum Gasteiger partial charge on any atom is -0.465 e. The van der Waals surface area contributed by atoms with Crippen LogP contribution in [0, 0.1) is 11.8 Å². The quantitative estimate of drug-likeness (QED) is 0.593. The lowest BCUT2D eigenvalue weighted by atomic mass is 10.1. The zero-order chi connectivity index (χ0) is 13.9. The first-order valence-electron chi connectivity index (χ1n) is 5.74. The van der Waals surface area contributed by atoms with Crippen LogP contribution in [0.25, 0.3) is 0 Å². The number of likely N-dealkylation sites (tertiary alicyclic amines) is 1. The smallest absolute Gasteiger partial charge is 0.310 e. The van der Waals surface area contributed by atoms with Crippen molar-refractivity contribution in [2.45, 2.75) is 24.1 Å². The fourth-order valence-electron chi connectivity index (χ4n) is 1.68. The van der Waals surface area contributed by atoms with E-state index in [0.29, 0.717) is 19.6 Å². The lowest BCUT2D eigenvalue weighted by Gasteiger charge is -2.20. The van der Waals surface area contributed by atoms with Gasteiger partial charge in [0.1, 0.15) is 0 Å². The summed E-state index contributed by atoms with van der Waals surface area (Å²) in [5, 5.41) is 0. The second-order valence-electron chi connectivity index (χ2n) is 4.76. The zero-order valence-electron chi connectivity index (χ0n) is 10.3. The van der Waals surface area contributed by atoms with Crippen LogP contribution < -0.4 is 0 Å². The van der Waals surface area contributed by atoms with E-state index in [0.717, 1.165) is 0 Å². The lowest BCUT2D eigenvalue weighted by Crippen LogP contribution is -2.38. The minimum atomic E-state index is -1.96. The molecule has 0 spiro atoms. The molecule has 0 bridgehead atoms. The first-order chi connectivity index (χ1) is 8.21. The molecule has 4 nitrogen and oxygen atoms in total. The van der Waals surface area contributed by atoms with E-state index in [1.165, 1.54) is 4.90 Å². The molecule has 1 fully saturated rings. The molecule has 104 valence electrons. The second kappa shape index (κ2) is 6.31. The second-order valence-corrected chi connectivity index (χ2v) is 7.04. The molecule has 1 amide bonds. The molecule has 7 heteroatoms. The SMILES string of the molecule is CC(C)COC(=O)C1CCN(C(=O)C(Cl)(Cl)Cl)C1. The van der Waals surface area contributed by atoms with E-state index in [4.69, 9.17) is 39.5 Å².